The van der Waals surface area contributed by atoms with Gasteiger partial charge in [0.1, 0.15) is 5.82 Å². The molecule has 0 aliphatic carbocycles. The van der Waals surface area contributed by atoms with Crippen molar-refractivity contribution in [2.45, 2.75) is 12.5 Å². The van der Waals surface area contributed by atoms with E-state index in [0.717, 1.165) is 53.8 Å². The van der Waals surface area contributed by atoms with Gasteiger partial charge in [0.15, 0.2) is 9.84 Å². The Morgan fingerprint density at radius 1 is 1.08 bits per heavy atom. The minimum atomic E-state index is -2.81. The van der Waals surface area contributed by atoms with Crippen molar-refractivity contribution in [2.24, 2.45) is 0 Å². The lowest BCUT2D eigenvalue weighted by Crippen LogP contribution is -2.51. The fraction of sp³-hybridized carbons (Fsp3) is 0.471. The molecule has 4 rings (SSSR count). The van der Waals surface area contributed by atoms with Gasteiger partial charge in [-0.1, -0.05) is 15.9 Å². The van der Waals surface area contributed by atoms with Crippen LogP contribution in [0.2, 0.25) is 0 Å². The van der Waals surface area contributed by atoms with Gasteiger partial charge in [-0.25, -0.2) is 13.4 Å². The summed E-state index contributed by atoms with van der Waals surface area (Å²) < 4.78 is 24.4. The predicted octanol–water partition coefficient (Wildman–Crippen LogP) is 2.31. The number of hydrogen-bond acceptors (Lipinski definition) is 5. The maximum atomic E-state index is 11.7. The van der Waals surface area contributed by atoms with Gasteiger partial charge in [-0.3, -0.25) is 4.90 Å². The molecule has 7 heteroatoms. The molecule has 1 unspecified atom stereocenters. The zero-order chi connectivity index (χ0) is 16.7. The molecule has 2 aromatic rings. The number of hydrogen-bond donors (Lipinski definition) is 0. The molecule has 1 atom stereocenters. The van der Waals surface area contributed by atoms with Crippen LogP contribution in [0.5, 0.6) is 0 Å². The lowest BCUT2D eigenvalue weighted by Gasteiger charge is -2.38. The van der Waals surface area contributed by atoms with Crippen molar-refractivity contribution in [3.05, 3.63) is 34.8 Å². The van der Waals surface area contributed by atoms with Crippen LogP contribution in [0.1, 0.15) is 6.42 Å². The largest absolute Gasteiger partial charge is 0.354 e. The molecular formula is C17H20BrN3O2S. The number of piperazine rings is 1. The first-order valence-corrected chi connectivity index (χ1v) is 10.9. The summed E-state index contributed by atoms with van der Waals surface area (Å²) in [5.74, 6) is 1.68. The third-order valence-electron chi connectivity index (χ3n) is 5.00. The second-order valence-electron chi connectivity index (χ2n) is 6.59. The molecule has 1 aromatic carbocycles. The van der Waals surface area contributed by atoms with E-state index in [1.807, 2.05) is 12.1 Å². The van der Waals surface area contributed by atoms with Gasteiger partial charge in [0.05, 0.1) is 17.0 Å². The molecule has 3 heterocycles. The Bertz CT molecular complexity index is 863. The van der Waals surface area contributed by atoms with E-state index in [9.17, 15) is 8.42 Å². The van der Waals surface area contributed by atoms with Gasteiger partial charge in [0.25, 0.3) is 0 Å². The number of anilines is 1. The summed E-state index contributed by atoms with van der Waals surface area (Å²) in [6.45, 7) is 3.59. The van der Waals surface area contributed by atoms with Crippen molar-refractivity contribution in [2.75, 3.05) is 42.6 Å². The number of nitrogens with zero attached hydrogens (tertiary/aromatic N) is 3. The third-order valence-corrected chi connectivity index (χ3v) is 7.24. The average Bonchev–Trinajstić information content (AvgIpc) is 2.94. The van der Waals surface area contributed by atoms with E-state index < -0.39 is 9.84 Å². The number of benzene rings is 1. The number of fused-ring (bicyclic) bond motifs is 1. The third kappa shape index (κ3) is 3.30. The quantitative estimate of drug-likeness (QED) is 0.761. The zero-order valence-electron chi connectivity index (χ0n) is 13.4. The summed E-state index contributed by atoms with van der Waals surface area (Å²) in [5.41, 5.74) is 1.00. The maximum absolute atomic E-state index is 11.7. The van der Waals surface area contributed by atoms with E-state index in [2.05, 4.69) is 43.9 Å². The number of aromatic nitrogens is 1. The minimum absolute atomic E-state index is 0.207. The van der Waals surface area contributed by atoms with Crippen molar-refractivity contribution in [1.82, 2.24) is 9.88 Å². The molecule has 2 fully saturated rings. The van der Waals surface area contributed by atoms with Crippen LogP contribution in [0.4, 0.5) is 5.82 Å². The predicted molar refractivity (Wildman–Crippen MR) is 100 cm³/mol. The fourth-order valence-corrected chi connectivity index (χ4v) is 5.78. The molecular weight excluding hydrogens is 390 g/mol. The summed E-state index contributed by atoms with van der Waals surface area (Å²) in [5, 5.41) is 1.13. The molecule has 0 radical (unpaired) electrons. The summed E-state index contributed by atoms with van der Waals surface area (Å²) in [7, 11) is -2.81. The standard InChI is InChI=1S/C17H20BrN3O2S/c18-14-2-3-16-13(11-14)1-4-17(19-16)21-8-6-20(7-9-21)15-5-10-24(22,23)12-15/h1-4,11,15H,5-10,12H2. The number of sulfone groups is 1. The number of pyridine rings is 1. The Kier molecular flexibility index (Phi) is 4.26. The van der Waals surface area contributed by atoms with Gasteiger partial charge >= 0.3 is 0 Å². The van der Waals surface area contributed by atoms with E-state index in [4.69, 9.17) is 4.98 Å². The van der Waals surface area contributed by atoms with Crippen LogP contribution in [-0.4, -0.2) is 62.0 Å². The van der Waals surface area contributed by atoms with Crippen LogP contribution in [0.15, 0.2) is 34.8 Å². The monoisotopic (exact) mass is 409 g/mol. The van der Waals surface area contributed by atoms with Gasteiger partial charge in [0.2, 0.25) is 0 Å². The van der Waals surface area contributed by atoms with Crippen molar-refractivity contribution in [3.63, 3.8) is 0 Å². The SMILES string of the molecule is O=S1(=O)CCC(N2CCN(c3ccc4cc(Br)ccc4n3)CC2)C1. The van der Waals surface area contributed by atoms with Gasteiger partial charge in [0, 0.05) is 42.1 Å². The highest BCUT2D eigenvalue weighted by Crippen LogP contribution is 2.24. The second-order valence-corrected chi connectivity index (χ2v) is 9.73. The lowest BCUT2D eigenvalue weighted by molar-refractivity contribution is 0.200. The summed E-state index contributed by atoms with van der Waals surface area (Å²) in [4.78, 5) is 9.40. The van der Waals surface area contributed by atoms with Crippen molar-refractivity contribution in [3.8, 4) is 0 Å². The Labute approximate surface area is 150 Å². The van der Waals surface area contributed by atoms with Crippen LogP contribution in [0, 0.1) is 0 Å². The van der Waals surface area contributed by atoms with Gasteiger partial charge < -0.3 is 4.90 Å². The van der Waals surface area contributed by atoms with Crippen molar-refractivity contribution < 1.29 is 8.42 Å². The zero-order valence-corrected chi connectivity index (χ0v) is 15.8. The molecule has 1 aromatic heterocycles. The van der Waals surface area contributed by atoms with E-state index in [0.29, 0.717) is 11.5 Å². The van der Waals surface area contributed by atoms with Crippen LogP contribution < -0.4 is 4.90 Å². The summed E-state index contributed by atoms with van der Waals surface area (Å²) >= 11 is 3.49. The van der Waals surface area contributed by atoms with Gasteiger partial charge in [-0.05, 0) is 36.8 Å². The first-order chi connectivity index (χ1) is 11.5. The Balaban J connectivity index is 1.45. The smallest absolute Gasteiger partial charge is 0.151 e. The van der Waals surface area contributed by atoms with Crippen LogP contribution >= 0.6 is 15.9 Å². The molecule has 0 amide bonds. The first kappa shape index (κ1) is 16.3. The Morgan fingerprint density at radius 3 is 2.58 bits per heavy atom. The molecule has 0 bridgehead atoms. The molecule has 2 aliphatic heterocycles. The van der Waals surface area contributed by atoms with E-state index in [1.165, 1.54) is 0 Å². The minimum Gasteiger partial charge on any atom is -0.354 e. The van der Waals surface area contributed by atoms with E-state index in [-0.39, 0.29) is 6.04 Å². The van der Waals surface area contributed by atoms with Crippen LogP contribution in [0.3, 0.4) is 0 Å². The molecule has 5 nitrogen and oxygen atoms in total. The fourth-order valence-electron chi connectivity index (χ4n) is 3.64. The van der Waals surface area contributed by atoms with E-state index in [1.54, 1.807) is 0 Å². The first-order valence-electron chi connectivity index (χ1n) is 8.26. The molecule has 2 saturated heterocycles. The molecule has 0 spiro atoms. The Morgan fingerprint density at radius 2 is 1.88 bits per heavy atom. The van der Waals surface area contributed by atoms with Crippen LogP contribution in [0.25, 0.3) is 10.9 Å². The molecule has 0 N–H and O–H groups in total. The van der Waals surface area contributed by atoms with E-state index >= 15 is 0 Å². The van der Waals surface area contributed by atoms with Gasteiger partial charge in [-0.2, -0.15) is 0 Å². The molecule has 128 valence electrons. The molecule has 24 heavy (non-hydrogen) atoms. The molecule has 2 aliphatic rings. The average molecular weight is 410 g/mol. The maximum Gasteiger partial charge on any atom is 0.151 e. The highest BCUT2D eigenvalue weighted by Gasteiger charge is 2.33. The Hall–Kier alpha value is -1.18. The lowest BCUT2D eigenvalue weighted by atomic mass is 10.2. The van der Waals surface area contributed by atoms with Gasteiger partial charge in [-0.15, -0.1) is 0 Å². The normalized spacial score (nSPS) is 24.5. The van der Waals surface area contributed by atoms with Crippen LogP contribution in [-0.2, 0) is 9.84 Å². The summed E-state index contributed by atoms with van der Waals surface area (Å²) in [6.07, 6.45) is 0.783. The number of halogens is 1. The topological polar surface area (TPSA) is 53.5 Å². The highest BCUT2D eigenvalue weighted by molar-refractivity contribution is 9.10. The highest BCUT2D eigenvalue weighted by atomic mass is 79.9. The summed E-state index contributed by atoms with van der Waals surface area (Å²) in [6, 6.07) is 10.5. The second kappa shape index (κ2) is 6.28. The van der Waals surface area contributed by atoms with Crippen molar-refractivity contribution in [1.29, 1.82) is 0 Å². The van der Waals surface area contributed by atoms with Crippen molar-refractivity contribution >= 4 is 42.5 Å². The molecule has 0 saturated carbocycles. The number of rotatable bonds is 2.